The first-order valence-corrected chi connectivity index (χ1v) is 14.7. The summed E-state index contributed by atoms with van der Waals surface area (Å²) >= 11 is 1.59. The lowest BCUT2D eigenvalue weighted by molar-refractivity contribution is 0.0981. The van der Waals surface area contributed by atoms with Gasteiger partial charge in [0.1, 0.15) is 5.75 Å². The quantitative estimate of drug-likeness (QED) is 0.341. The molecule has 9 heteroatoms. The summed E-state index contributed by atoms with van der Waals surface area (Å²) in [4.78, 5) is 22.8. The summed E-state index contributed by atoms with van der Waals surface area (Å²) in [5, 5.41) is 0. The van der Waals surface area contributed by atoms with Gasteiger partial charge >= 0.3 is 0 Å². The number of pyridine rings is 1. The lowest BCUT2D eigenvalue weighted by Gasteiger charge is -2.26. The van der Waals surface area contributed by atoms with E-state index in [1.807, 2.05) is 48.2 Å². The SMILES string of the molecule is CC(C)(C)S(=O)(=O)NC(=O)c1ccccc1-c1ccc2c(c1)OCC(Cc1ccc(-c3cncs3)cn1)C2. The van der Waals surface area contributed by atoms with Crippen LogP contribution in [0.5, 0.6) is 5.75 Å². The molecule has 4 aromatic rings. The van der Waals surface area contributed by atoms with E-state index in [1.165, 1.54) is 0 Å². The number of carbonyl (C=O) groups excluding carboxylic acids is 1. The molecule has 2 aromatic carbocycles. The van der Waals surface area contributed by atoms with E-state index >= 15 is 0 Å². The highest BCUT2D eigenvalue weighted by molar-refractivity contribution is 7.91. The predicted octanol–water partition coefficient (Wildman–Crippen LogP) is 5.52. The van der Waals surface area contributed by atoms with Crippen LogP contribution in [0, 0.1) is 5.92 Å². The van der Waals surface area contributed by atoms with Crippen molar-refractivity contribution in [2.24, 2.45) is 5.92 Å². The van der Waals surface area contributed by atoms with Crippen LogP contribution in [0.3, 0.4) is 0 Å². The second-order valence-corrected chi connectivity index (χ2v) is 13.7. The summed E-state index contributed by atoms with van der Waals surface area (Å²) in [6.07, 6.45) is 5.42. The van der Waals surface area contributed by atoms with E-state index in [2.05, 4.69) is 26.8 Å². The predicted molar refractivity (Wildman–Crippen MR) is 150 cm³/mol. The zero-order chi connectivity index (χ0) is 26.9. The minimum Gasteiger partial charge on any atom is -0.493 e. The zero-order valence-corrected chi connectivity index (χ0v) is 23.1. The molecule has 0 fully saturated rings. The number of ether oxygens (including phenoxy) is 1. The van der Waals surface area contributed by atoms with Gasteiger partial charge < -0.3 is 4.74 Å². The normalized spacial score (nSPS) is 15.4. The van der Waals surface area contributed by atoms with Gasteiger partial charge in [0.2, 0.25) is 10.0 Å². The molecule has 38 heavy (non-hydrogen) atoms. The van der Waals surface area contributed by atoms with E-state index in [0.717, 1.165) is 45.9 Å². The molecule has 0 radical (unpaired) electrons. The topological polar surface area (TPSA) is 98.2 Å². The number of thiazole rings is 1. The zero-order valence-electron chi connectivity index (χ0n) is 21.5. The van der Waals surface area contributed by atoms with Crippen LogP contribution >= 0.6 is 11.3 Å². The van der Waals surface area contributed by atoms with E-state index in [9.17, 15) is 13.2 Å². The first-order valence-electron chi connectivity index (χ1n) is 12.4. The molecule has 1 aliphatic rings. The van der Waals surface area contributed by atoms with Gasteiger partial charge in [-0.05, 0) is 68.5 Å². The Balaban J connectivity index is 1.31. The number of nitrogens with zero attached hydrogens (tertiary/aromatic N) is 2. The maximum absolute atomic E-state index is 13.0. The van der Waals surface area contributed by atoms with Crippen molar-refractivity contribution in [2.75, 3.05) is 6.61 Å². The van der Waals surface area contributed by atoms with Gasteiger partial charge in [0.15, 0.2) is 0 Å². The highest BCUT2D eigenvalue weighted by Gasteiger charge is 2.31. The van der Waals surface area contributed by atoms with Gasteiger partial charge in [-0.3, -0.25) is 14.8 Å². The van der Waals surface area contributed by atoms with E-state index in [0.29, 0.717) is 23.7 Å². The van der Waals surface area contributed by atoms with Crippen molar-refractivity contribution in [3.63, 3.8) is 0 Å². The van der Waals surface area contributed by atoms with Crippen molar-refractivity contribution in [3.05, 3.63) is 89.3 Å². The summed E-state index contributed by atoms with van der Waals surface area (Å²) in [5.41, 5.74) is 6.74. The average Bonchev–Trinajstić information content (AvgIpc) is 3.43. The molecule has 2 aromatic heterocycles. The van der Waals surface area contributed by atoms with Crippen LogP contribution in [-0.2, 0) is 22.9 Å². The van der Waals surface area contributed by atoms with Crippen LogP contribution in [0.25, 0.3) is 21.6 Å². The van der Waals surface area contributed by atoms with Gasteiger partial charge in [0, 0.05) is 35.1 Å². The molecule has 7 nitrogen and oxygen atoms in total. The van der Waals surface area contributed by atoms with Crippen LogP contribution in [0.2, 0.25) is 0 Å². The molecule has 5 rings (SSSR count). The van der Waals surface area contributed by atoms with Crippen LogP contribution < -0.4 is 9.46 Å². The van der Waals surface area contributed by atoms with Crippen LogP contribution in [0.1, 0.15) is 42.4 Å². The Kier molecular flexibility index (Phi) is 7.07. The Bertz CT molecular complexity index is 1560. The number of fused-ring (bicyclic) bond motifs is 1. The summed E-state index contributed by atoms with van der Waals surface area (Å²) < 4.78 is 32.4. The van der Waals surface area contributed by atoms with Crippen molar-refractivity contribution in [3.8, 4) is 27.3 Å². The van der Waals surface area contributed by atoms with Crippen molar-refractivity contribution in [1.82, 2.24) is 14.7 Å². The molecule has 0 bridgehead atoms. The largest absolute Gasteiger partial charge is 0.493 e. The number of hydrogen-bond donors (Lipinski definition) is 1. The van der Waals surface area contributed by atoms with Gasteiger partial charge in [-0.1, -0.05) is 36.4 Å². The Morgan fingerprint density at radius 2 is 1.87 bits per heavy atom. The first kappa shape index (κ1) is 26.1. The number of carbonyl (C=O) groups is 1. The minimum absolute atomic E-state index is 0.293. The fraction of sp³-hybridized carbons (Fsp3) is 0.276. The molecule has 1 N–H and O–H groups in total. The molecular weight excluding hydrogens is 518 g/mol. The van der Waals surface area contributed by atoms with Gasteiger partial charge in [0.05, 0.1) is 21.7 Å². The third kappa shape index (κ3) is 5.49. The van der Waals surface area contributed by atoms with Crippen LogP contribution in [0.15, 0.2) is 72.5 Å². The van der Waals surface area contributed by atoms with Gasteiger partial charge in [-0.25, -0.2) is 13.1 Å². The number of amides is 1. The van der Waals surface area contributed by atoms with Crippen LogP contribution in [-0.4, -0.2) is 35.6 Å². The van der Waals surface area contributed by atoms with Crippen molar-refractivity contribution in [1.29, 1.82) is 0 Å². The summed E-state index contributed by atoms with van der Waals surface area (Å²) in [6, 6.07) is 17.1. The summed E-state index contributed by atoms with van der Waals surface area (Å²) in [6.45, 7) is 5.23. The first-order chi connectivity index (χ1) is 18.1. The number of benzene rings is 2. The maximum atomic E-state index is 13.0. The molecule has 0 saturated heterocycles. The summed E-state index contributed by atoms with van der Waals surface area (Å²) in [7, 11) is -3.84. The fourth-order valence-electron chi connectivity index (χ4n) is 4.34. The van der Waals surface area contributed by atoms with Crippen LogP contribution in [0.4, 0.5) is 0 Å². The van der Waals surface area contributed by atoms with Crippen molar-refractivity contribution >= 4 is 27.3 Å². The molecule has 0 aliphatic carbocycles. The fourth-order valence-corrected chi connectivity index (χ4v) is 5.62. The molecule has 0 saturated carbocycles. The highest BCUT2D eigenvalue weighted by Crippen LogP contribution is 2.34. The monoisotopic (exact) mass is 547 g/mol. The molecule has 3 heterocycles. The number of hydrogen-bond acceptors (Lipinski definition) is 7. The minimum atomic E-state index is -3.84. The third-order valence-corrected chi connectivity index (χ3v) is 9.49. The van der Waals surface area contributed by atoms with Crippen molar-refractivity contribution in [2.45, 2.75) is 38.4 Å². The van der Waals surface area contributed by atoms with E-state index in [1.54, 1.807) is 44.2 Å². The van der Waals surface area contributed by atoms with Gasteiger partial charge in [0.25, 0.3) is 5.91 Å². The Labute approximate surface area is 227 Å². The average molecular weight is 548 g/mol. The molecule has 1 aliphatic heterocycles. The number of aromatic nitrogens is 2. The van der Waals surface area contributed by atoms with E-state index < -0.39 is 20.7 Å². The van der Waals surface area contributed by atoms with Gasteiger partial charge in [-0.2, -0.15) is 0 Å². The summed E-state index contributed by atoms with van der Waals surface area (Å²) in [5.74, 6) is 0.434. The standard InChI is InChI=1S/C29H29N3O4S2/c1-29(2,3)38(34,35)32-28(33)25-7-5-4-6-24(25)20-8-9-21-12-19(17-36-26(21)14-20)13-23-11-10-22(15-31-23)27-16-30-18-37-27/h4-11,14-16,18-19H,12-13,17H2,1-3H3,(H,32,33). The van der Waals surface area contributed by atoms with E-state index in [4.69, 9.17) is 4.74 Å². The second-order valence-electron chi connectivity index (χ2n) is 10.4. The third-order valence-electron chi connectivity index (χ3n) is 6.61. The Morgan fingerprint density at radius 3 is 2.58 bits per heavy atom. The lowest BCUT2D eigenvalue weighted by Crippen LogP contribution is -2.42. The Morgan fingerprint density at radius 1 is 1.08 bits per heavy atom. The molecule has 1 atom stereocenters. The molecule has 0 spiro atoms. The van der Waals surface area contributed by atoms with E-state index in [-0.39, 0.29) is 0 Å². The lowest BCUT2D eigenvalue weighted by atomic mass is 9.90. The second kappa shape index (κ2) is 10.3. The molecule has 1 amide bonds. The highest BCUT2D eigenvalue weighted by atomic mass is 32.2. The Hall–Kier alpha value is -3.56. The molecule has 1 unspecified atom stereocenters. The smallest absolute Gasteiger partial charge is 0.265 e. The number of rotatable bonds is 6. The molecule has 196 valence electrons. The number of sulfonamides is 1. The number of nitrogens with one attached hydrogen (secondary N) is 1. The molecular formula is C29H29N3O4S2. The van der Waals surface area contributed by atoms with Gasteiger partial charge in [-0.15, -0.1) is 11.3 Å². The van der Waals surface area contributed by atoms with Crippen molar-refractivity contribution < 1.29 is 17.9 Å². The maximum Gasteiger partial charge on any atom is 0.265 e.